The molecule has 1 N–H and O–H groups in total. The van der Waals surface area contributed by atoms with Gasteiger partial charge in [0, 0.05) is 18.5 Å². The number of nitrogens with zero attached hydrogens (tertiary/aromatic N) is 3. The zero-order chi connectivity index (χ0) is 20.4. The van der Waals surface area contributed by atoms with Crippen molar-refractivity contribution in [3.05, 3.63) is 35.0 Å². The third-order valence-electron chi connectivity index (χ3n) is 4.92. The number of imide groups is 1. The molecule has 1 atom stereocenters. The predicted molar refractivity (Wildman–Crippen MR) is 110 cm³/mol. The van der Waals surface area contributed by atoms with E-state index in [0.717, 1.165) is 53.4 Å². The Hall–Kier alpha value is -2.94. The van der Waals surface area contributed by atoms with Crippen molar-refractivity contribution in [1.29, 1.82) is 0 Å². The number of hydrogen-bond acceptors (Lipinski definition) is 8. The van der Waals surface area contributed by atoms with Crippen molar-refractivity contribution in [2.75, 3.05) is 24.6 Å². The predicted octanol–water partition coefficient (Wildman–Crippen LogP) is 2.73. The Balaban J connectivity index is 1.66. The largest absolute Gasteiger partial charge is 0.466 e. The molecule has 8 nitrogen and oxygen atoms in total. The summed E-state index contributed by atoms with van der Waals surface area (Å²) >= 11 is 0.883. The van der Waals surface area contributed by atoms with Gasteiger partial charge in [0.15, 0.2) is 0 Å². The first kappa shape index (κ1) is 19.4. The van der Waals surface area contributed by atoms with Gasteiger partial charge in [-0.1, -0.05) is 6.07 Å². The van der Waals surface area contributed by atoms with Gasteiger partial charge in [-0.05, 0) is 55.3 Å². The van der Waals surface area contributed by atoms with E-state index in [-0.39, 0.29) is 17.1 Å². The van der Waals surface area contributed by atoms with Crippen LogP contribution in [0.3, 0.4) is 0 Å². The Morgan fingerprint density at radius 2 is 2.24 bits per heavy atom. The van der Waals surface area contributed by atoms with E-state index in [2.05, 4.69) is 20.2 Å². The van der Waals surface area contributed by atoms with Crippen LogP contribution in [0.4, 0.5) is 10.6 Å². The van der Waals surface area contributed by atoms with Crippen LogP contribution in [-0.4, -0.2) is 46.8 Å². The van der Waals surface area contributed by atoms with Gasteiger partial charge in [-0.15, -0.1) is 0 Å². The van der Waals surface area contributed by atoms with Crippen molar-refractivity contribution in [2.45, 2.75) is 19.8 Å². The molecule has 150 valence electrons. The van der Waals surface area contributed by atoms with Crippen LogP contribution < -0.4 is 10.2 Å². The molecule has 29 heavy (non-hydrogen) atoms. The topological polar surface area (TPSA) is 101 Å². The number of rotatable bonds is 4. The van der Waals surface area contributed by atoms with Crippen LogP contribution in [-0.2, 0) is 14.3 Å². The minimum absolute atomic E-state index is 0.171. The van der Waals surface area contributed by atoms with Crippen molar-refractivity contribution >= 4 is 51.7 Å². The van der Waals surface area contributed by atoms with Crippen LogP contribution in [0, 0.1) is 5.92 Å². The lowest BCUT2D eigenvalue weighted by Gasteiger charge is -2.32. The number of esters is 1. The Labute approximate surface area is 171 Å². The SMILES string of the molecule is CCOC(=O)C1CCCN(c2ncnc3ccc(/C=C4\SC(=O)NC4=O)cc23)C1. The molecule has 1 aromatic carbocycles. The Morgan fingerprint density at radius 1 is 1.38 bits per heavy atom. The molecular weight excluding hydrogens is 392 g/mol. The van der Waals surface area contributed by atoms with Crippen molar-refractivity contribution in [1.82, 2.24) is 15.3 Å². The minimum atomic E-state index is -0.391. The maximum absolute atomic E-state index is 12.2. The van der Waals surface area contributed by atoms with E-state index in [1.165, 1.54) is 6.33 Å². The fraction of sp³-hybridized carbons (Fsp3) is 0.350. The number of nitrogens with one attached hydrogen (secondary N) is 1. The Morgan fingerprint density at radius 3 is 3.00 bits per heavy atom. The van der Waals surface area contributed by atoms with Crippen LogP contribution in [0.25, 0.3) is 17.0 Å². The zero-order valence-electron chi connectivity index (χ0n) is 15.9. The first-order valence-electron chi connectivity index (χ1n) is 9.46. The number of thioether (sulfide) groups is 1. The zero-order valence-corrected chi connectivity index (χ0v) is 16.7. The lowest BCUT2D eigenvalue weighted by Crippen LogP contribution is -2.40. The molecule has 1 unspecified atom stereocenters. The fourth-order valence-electron chi connectivity index (χ4n) is 3.60. The monoisotopic (exact) mass is 412 g/mol. The first-order valence-corrected chi connectivity index (χ1v) is 10.3. The Bertz CT molecular complexity index is 1020. The highest BCUT2D eigenvalue weighted by Crippen LogP contribution is 2.31. The van der Waals surface area contributed by atoms with Crippen LogP contribution in [0.2, 0.25) is 0 Å². The van der Waals surface area contributed by atoms with E-state index in [0.29, 0.717) is 18.1 Å². The number of anilines is 1. The standard InChI is InChI=1S/C20H20N4O4S/c1-2-28-19(26)13-4-3-7-24(10-13)17-14-8-12(5-6-15(14)21-11-22-17)9-16-18(25)23-20(27)29-16/h5-6,8-9,11,13H,2-4,7,10H2,1H3,(H,23,25,27)/b16-9-. The summed E-state index contributed by atoms with van der Waals surface area (Å²) in [5.41, 5.74) is 1.55. The van der Waals surface area contributed by atoms with Crippen molar-refractivity contribution < 1.29 is 19.1 Å². The second kappa shape index (κ2) is 8.20. The van der Waals surface area contributed by atoms with Crippen LogP contribution in [0.5, 0.6) is 0 Å². The molecule has 2 amide bonds. The summed E-state index contributed by atoms with van der Waals surface area (Å²) in [6.45, 7) is 3.52. The molecular formula is C20H20N4O4S. The van der Waals surface area contributed by atoms with Crippen molar-refractivity contribution in [3.63, 3.8) is 0 Å². The highest BCUT2D eigenvalue weighted by molar-refractivity contribution is 8.18. The van der Waals surface area contributed by atoms with E-state index >= 15 is 0 Å². The van der Waals surface area contributed by atoms with E-state index < -0.39 is 5.91 Å². The molecule has 0 aliphatic carbocycles. The number of ether oxygens (including phenoxy) is 1. The summed E-state index contributed by atoms with van der Waals surface area (Å²) in [5, 5.41) is 2.72. The molecule has 9 heteroatoms. The van der Waals surface area contributed by atoms with Gasteiger partial charge in [0.05, 0.1) is 22.9 Å². The number of fused-ring (bicyclic) bond motifs is 1. The quantitative estimate of drug-likeness (QED) is 0.604. The number of benzene rings is 1. The molecule has 4 rings (SSSR count). The average Bonchev–Trinajstić information content (AvgIpc) is 3.04. The van der Waals surface area contributed by atoms with E-state index in [1.807, 2.05) is 25.1 Å². The fourth-order valence-corrected chi connectivity index (χ4v) is 4.28. The summed E-state index contributed by atoms with van der Waals surface area (Å²) in [7, 11) is 0. The smallest absolute Gasteiger partial charge is 0.310 e. The number of carbonyl (C=O) groups is 3. The number of amides is 2. The maximum Gasteiger partial charge on any atom is 0.310 e. The van der Waals surface area contributed by atoms with Gasteiger partial charge < -0.3 is 9.64 Å². The average molecular weight is 412 g/mol. The van der Waals surface area contributed by atoms with Gasteiger partial charge in [0.2, 0.25) is 0 Å². The van der Waals surface area contributed by atoms with Crippen LogP contribution >= 0.6 is 11.8 Å². The molecule has 2 aromatic rings. The summed E-state index contributed by atoms with van der Waals surface area (Å²) in [6.07, 6.45) is 4.87. The lowest BCUT2D eigenvalue weighted by molar-refractivity contribution is -0.148. The van der Waals surface area contributed by atoms with Crippen LogP contribution in [0.15, 0.2) is 29.4 Å². The summed E-state index contributed by atoms with van der Waals surface area (Å²) in [5.74, 6) is 0.0142. The molecule has 2 fully saturated rings. The maximum atomic E-state index is 12.2. The molecule has 3 heterocycles. The molecule has 0 spiro atoms. The minimum Gasteiger partial charge on any atom is -0.466 e. The molecule has 0 radical (unpaired) electrons. The van der Waals surface area contributed by atoms with Gasteiger partial charge in [0.25, 0.3) is 11.1 Å². The highest BCUT2D eigenvalue weighted by Gasteiger charge is 2.29. The van der Waals surface area contributed by atoms with Crippen molar-refractivity contribution in [2.24, 2.45) is 5.92 Å². The number of aromatic nitrogens is 2. The number of carbonyl (C=O) groups excluding carboxylic acids is 3. The van der Waals surface area contributed by atoms with E-state index in [9.17, 15) is 14.4 Å². The second-order valence-corrected chi connectivity index (χ2v) is 7.88. The third kappa shape index (κ3) is 4.09. The third-order valence-corrected chi connectivity index (χ3v) is 5.73. The number of hydrogen-bond donors (Lipinski definition) is 1. The van der Waals surface area contributed by atoms with Gasteiger partial charge in [0.1, 0.15) is 12.1 Å². The normalized spacial score (nSPS) is 20.9. The van der Waals surface area contributed by atoms with E-state index in [1.54, 1.807) is 6.08 Å². The summed E-state index contributed by atoms with van der Waals surface area (Å²) < 4.78 is 5.19. The van der Waals surface area contributed by atoms with Gasteiger partial charge in [-0.25, -0.2) is 9.97 Å². The molecule has 2 aliphatic rings. The summed E-state index contributed by atoms with van der Waals surface area (Å²) in [4.78, 5) is 46.6. The summed E-state index contributed by atoms with van der Waals surface area (Å²) in [6, 6.07) is 5.61. The lowest BCUT2D eigenvalue weighted by atomic mass is 9.98. The molecule has 2 saturated heterocycles. The van der Waals surface area contributed by atoms with Crippen molar-refractivity contribution in [3.8, 4) is 0 Å². The molecule has 2 aliphatic heterocycles. The number of piperidine rings is 1. The molecule has 0 saturated carbocycles. The van der Waals surface area contributed by atoms with Gasteiger partial charge in [-0.3, -0.25) is 19.7 Å². The van der Waals surface area contributed by atoms with Gasteiger partial charge >= 0.3 is 5.97 Å². The molecule has 1 aromatic heterocycles. The molecule has 0 bridgehead atoms. The Kier molecular flexibility index (Phi) is 5.48. The first-order chi connectivity index (χ1) is 14.0. The van der Waals surface area contributed by atoms with E-state index in [4.69, 9.17) is 4.74 Å². The second-order valence-electron chi connectivity index (χ2n) is 6.86. The highest BCUT2D eigenvalue weighted by atomic mass is 32.2. The van der Waals surface area contributed by atoms with Crippen LogP contribution in [0.1, 0.15) is 25.3 Å². The van der Waals surface area contributed by atoms with Gasteiger partial charge in [-0.2, -0.15) is 0 Å².